The molecule has 0 aliphatic heterocycles. The van der Waals surface area contributed by atoms with Gasteiger partial charge in [-0.15, -0.1) is 0 Å². The third kappa shape index (κ3) is 3.08. The second-order valence-electron chi connectivity index (χ2n) is 5.07. The zero-order valence-electron chi connectivity index (χ0n) is 11.7. The van der Waals surface area contributed by atoms with Crippen LogP contribution in [0.2, 0.25) is 0 Å². The molecule has 122 valence electrons. The molecular weight excluding hydrogens is 313 g/mol. The first-order valence-electron chi connectivity index (χ1n) is 6.54. The fraction of sp³-hybridized carbons (Fsp3) is 0.188. The number of carboxylic acids is 1. The van der Waals surface area contributed by atoms with Gasteiger partial charge in [0.2, 0.25) is 0 Å². The van der Waals surface area contributed by atoms with Crippen LogP contribution in [0.4, 0.5) is 13.2 Å². The van der Waals surface area contributed by atoms with Gasteiger partial charge >= 0.3 is 12.1 Å². The zero-order valence-corrected chi connectivity index (χ0v) is 11.7. The largest absolute Gasteiger partial charge is 0.508 e. The van der Waals surface area contributed by atoms with Crippen LogP contribution >= 0.6 is 0 Å². The average molecular weight is 326 g/mol. The highest BCUT2D eigenvalue weighted by molar-refractivity contribution is 5.71. The molecule has 0 aromatic heterocycles. The molecule has 2 rings (SSSR count). The Bertz CT molecular complexity index is 645. The normalized spacial score (nSPS) is 12.1. The topological polar surface area (TPSA) is 77.8 Å². The second-order valence-corrected chi connectivity index (χ2v) is 5.07. The fourth-order valence-corrected chi connectivity index (χ4v) is 2.52. The molecule has 0 spiro atoms. The fourth-order valence-electron chi connectivity index (χ4n) is 2.52. The van der Waals surface area contributed by atoms with Crippen LogP contribution in [0.5, 0.6) is 11.5 Å². The maximum Gasteiger partial charge on any atom is 0.402 e. The van der Waals surface area contributed by atoms with Crippen LogP contribution in [0, 0.1) is 0 Å². The summed E-state index contributed by atoms with van der Waals surface area (Å²) >= 11 is 0. The lowest BCUT2D eigenvalue weighted by Gasteiger charge is -2.35. The van der Waals surface area contributed by atoms with Gasteiger partial charge in [-0.25, -0.2) is 0 Å². The molecule has 0 radical (unpaired) electrons. The number of benzene rings is 2. The monoisotopic (exact) mass is 326 g/mol. The minimum Gasteiger partial charge on any atom is -0.508 e. The van der Waals surface area contributed by atoms with Crippen molar-refractivity contribution in [2.24, 2.45) is 0 Å². The van der Waals surface area contributed by atoms with Crippen LogP contribution in [-0.4, -0.2) is 27.5 Å². The number of aromatic hydroxyl groups is 2. The van der Waals surface area contributed by atoms with Gasteiger partial charge in [0, 0.05) is 0 Å². The van der Waals surface area contributed by atoms with Crippen molar-refractivity contribution >= 4 is 5.97 Å². The van der Waals surface area contributed by atoms with Crippen molar-refractivity contribution < 1.29 is 33.3 Å². The summed E-state index contributed by atoms with van der Waals surface area (Å²) in [7, 11) is 0. The van der Waals surface area contributed by atoms with Gasteiger partial charge in [-0.05, 0) is 35.4 Å². The molecule has 3 N–H and O–H groups in total. The number of rotatable bonds is 4. The van der Waals surface area contributed by atoms with Gasteiger partial charge in [0.25, 0.3) is 0 Å². The van der Waals surface area contributed by atoms with Crippen LogP contribution in [0.3, 0.4) is 0 Å². The highest BCUT2D eigenvalue weighted by atomic mass is 19.4. The summed E-state index contributed by atoms with van der Waals surface area (Å²) < 4.78 is 41.8. The Morgan fingerprint density at radius 3 is 1.43 bits per heavy atom. The van der Waals surface area contributed by atoms with Gasteiger partial charge < -0.3 is 15.3 Å². The molecule has 0 bridgehead atoms. The Hall–Kier alpha value is -2.70. The van der Waals surface area contributed by atoms with Gasteiger partial charge in [-0.1, -0.05) is 24.3 Å². The lowest BCUT2D eigenvalue weighted by Crippen LogP contribution is -2.45. The Balaban J connectivity index is 2.76. The number of aliphatic carboxylic acids is 1. The smallest absolute Gasteiger partial charge is 0.402 e. The highest BCUT2D eigenvalue weighted by Gasteiger charge is 2.58. The number of carbonyl (C=O) groups is 1. The van der Waals surface area contributed by atoms with E-state index in [-0.39, 0.29) is 22.6 Å². The van der Waals surface area contributed by atoms with Crippen molar-refractivity contribution in [1.82, 2.24) is 0 Å². The molecule has 7 heteroatoms. The molecular formula is C16H13F3O4. The second kappa shape index (κ2) is 5.83. The standard InChI is InChI=1S/C16H13F3O4/c17-16(18,19)15(9-14(22)23,10-1-5-12(20)6-2-10)11-3-7-13(21)8-4-11/h1-8,20-21H,9H2,(H,22,23). The first-order valence-corrected chi connectivity index (χ1v) is 6.54. The number of alkyl halides is 3. The average Bonchev–Trinajstić information content (AvgIpc) is 2.45. The SMILES string of the molecule is O=C(O)CC(c1ccc(O)cc1)(c1ccc(O)cc1)C(F)(F)F. The first-order chi connectivity index (χ1) is 10.7. The third-order valence-corrected chi connectivity index (χ3v) is 3.62. The van der Waals surface area contributed by atoms with E-state index in [2.05, 4.69) is 0 Å². The van der Waals surface area contributed by atoms with Crippen LogP contribution in [0.15, 0.2) is 48.5 Å². The highest BCUT2D eigenvalue weighted by Crippen LogP contribution is 2.49. The maximum absolute atomic E-state index is 13.9. The molecule has 0 saturated carbocycles. The molecule has 0 heterocycles. The number of hydrogen-bond donors (Lipinski definition) is 3. The third-order valence-electron chi connectivity index (χ3n) is 3.62. The van der Waals surface area contributed by atoms with Gasteiger partial charge in [-0.3, -0.25) is 4.79 Å². The van der Waals surface area contributed by atoms with E-state index in [4.69, 9.17) is 5.11 Å². The van der Waals surface area contributed by atoms with Crippen molar-refractivity contribution in [1.29, 1.82) is 0 Å². The molecule has 0 amide bonds. The van der Waals surface area contributed by atoms with E-state index in [1.54, 1.807) is 0 Å². The lowest BCUT2D eigenvalue weighted by atomic mass is 9.71. The molecule has 2 aromatic carbocycles. The summed E-state index contributed by atoms with van der Waals surface area (Å²) in [4.78, 5) is 11.1. The number of hydrogen-bond acceptors (Lipinski definition) is 3. The van der Waals surface area contributed by atoms with Crippen molar-refractivity contribution in [3.8, 4) is 11.5 Å². The van der Waals surface area contributed by atoms with Gasteiger partial charge in [0.05, 0.1) is 6.42 Å². The summed E-state index contributed by atoms with van der Waals surface area (Å²) in [6.45, 7) is 0. The molecule has 0 aliphatic rings. The van der Waals surface area contributed by atoms with E-state index in [9.17, 15) is 28.2 Å². The molecule has 0 aliphatic carbocycles. The molecule has 0 saturated heterocycles. The van der Waals surface area contributed by atoms with Gasteiger partial charge in [-0.2, -0.15) is 13.2 Å². The Morgan fingerprint density at radius 2 is 1.17 bits per heavy atom. The number of phenolic OH excluding ortho intramolecular Hbond substituents is 2. The Morgan fingerprint density at radius 1 is 0.826 bits per heavy atom. The zero-order chi connectivity index (χ0) is 17.3. The van der Waals surface area contributed by atoms with E-state index >= 15 is 0 Å². The maximum atomic E-state index is 13.9. The molecule has 4 nitrogen and oxygen atoms in total. The van der Waals surface area contributed by atoms with Gasteiger partial charge in [0.15, 0.2) is 0 Å². The van der Waals surface area contributed by atoms with Crippen molar-refractivity contribution in [2.45, 2.75) is 18.0 Å². The summed E-state index contributed by atoms with van der Waals surface area (Å²) in [5.41, 5.74) is -3.41. The van der Waals surface area contributed by atoms with Crippen molar-refractivity contribution in [3.05, 3.63) is 59.7 Å². The van der Waals surface area contributed by atoms with Crippen LogP contribution in [0.25, 0.3) is 0 Å². The molecule has 23 heavy (non-hydrogen) atoms. The van der Waals surface area contributed by atoms with E-state index in [1.807, 2.05) is 0 Å². The summed E-state index contributed by atoms with van der Waals surface area (Å²) in [5.74, 6) is -2.08. The molecule has 0 unspecified atom stereocenters. The summed E-state index contributed by atoms with van der Waals surface area (Å²) in [6, 6.07) is 8.43. The number of carboxylic acid groups (broad SMARTS) is 1. The van der Waals surface area contributed by atoms with E-state index < -0.39 is 24.0 Å². The van der Waals surface area contributed by atoms with Crippen LogP contribution in [0.1, 0.15) is 17.5 Å². The first kappa shape index (κ1) is 16.7. The van der Waals surface area contributed by atoms with E-state index in [1.165, 1.54) is 0 Å². The van der Waals surface area contributed by atoms with Crippen LogP contribution in [-0.2, 0) is 10.2 Å². The minimum atomic E-state index is -4.90. The van der Waals surface area contributed by atoms with Crippen molar-refractivity contribution in [2.75, 3.05) is 0 Å². The molecule has 0 atom stereocenters. The minimum absolute atomic E-state index is 0.231. The van der Waals surface area contributed by atoms with E-state index in [0.717, 1.165) is 48.5 Å². The van der Waals surface area contributed by atoms with Gasteiger partial charge in [0.1, 0.15) is 16.9 Å². The summed E-state index contributed by atoms with van der Waals surface area (Å²) in [6.07, 6.45) is -6.12. The molecule has 0 fully saturated rings. The van der Waals surface area contributed by atoms with Crippen LogP contribution < -0.4 is 0 Å². The predicted molar refractivity (Wildman–Crippen MR) is 75.3 cm³/mol. The Kier molecular flexibility index (Phi) is 4.22. The van der Waals surface area contributed by atoms with Crippen molar-refractivity contribution in [3.63, 3.8) is 0 Å². The predicted octanol–water partition coefficient (Wildman–Crippen LogP) is 3.42. The Labute approximate surface area is 129 Å². The molecule has 2 aromatic rings. The quantitative estimate of drug-likeness (QED) is 0.804. The number of phenols is 2. The summed E-state index contributed by atoms with van der Waals surface area (Å²) in [5, 5.41) is 27.6. The lowest BCUT2D eigenvalue weighted by molar-refractivity contribution is -0.186. The van der Waals surface area contributed by atoms with E-state index in [0.29, 0.717) is 0 Å². The number of halogens is 3.